The third-order valence-corrected chi connectivity index (χ3v) is 3.82. The average Bonchev–Trinajstić information content (AvgIpc) is 2.38. The number of aryl methyl sites for hydroxylation is 2. The summed E-state index contributed by atoms with van der Waals surface area (Å²) in [4.78, 5) is 15.4. The quantitative estimate of drug-likeness (QED) is 0.884. The van der Waals surface area contributed by atoms with Crippen LogP contribution >= 0.6 is 0 Å². The fraction of sp³-hybridized carbons (Fsp3) is 0.533. The summed E-state index contributed by atoms with van der Waals surface area (Å²) in [6.07, 6.45) is 3.20. The zero-order valence-corrected chi connectivity index (χ0v) is 11.8. The number of nitrogens with zero attached hydrogens (tertiary/aromatic N) is 2. The smallest absolute Gasteiger partial charge is 0.306 e. The molecule has 0 amide bonds. The third-order valence-electron chi connectivity index (χ3n) is 3.82. The van der Waals surface area contributed by atoms with Gasteiger partial charge in [0, 0.05) is 11.7 Å². The largest absolute Gasteiger partial charge is 0.481 e. The number of carboxylic acids is 1. The number of nitriles is 1. The molecule has 1 saturated carbocycles. The first-order chi connectivity index (χ1) is 9.51. The Balaban J connectivity index is 2.18. The van der Waals surface area contributed by atoms with Gasteiger partial charge in [0.1, 0.15) is 6.07 Å². The molecule has 0 bridgehead atoms. The molecule has 0 saturated heterocycles. The number of aliphatic carboxylic acids is 1. The normalized spacial score (nSPS) is 22.1. The Bertz CT molecular complexity index is 563. The molecule has 1 heterocycles. The minimum atomic E-state index is -0.723. The molecular formula is C15H19N3O2. The van der Waals surface area contributed by atoms with Gasteiger partial charge in [-0.25, -0.2) is 0 Å². The molecule has 2 atom stereocenters. The summed E-state index contributed by atoms with van der Waals surface area (Å²) in [5.41, 5.74) is 2.89. The van der Waals surface area contributed by atoms with Crippen molar-refractivity contribution >= 4 is 11.7 Å². The summed E-state index contributed by atoms with van der Waals surface area (Å²) in [5.74, 6) is -1.00. The molecular weight excluding hydrogens is 254 g/mol. The van der Waals surface area contributed by atoms with Crippen molar-refractivity contribution in [3.63, 3.8) is 0 Å². The molecule has 2 rings (SSSR count). The molecule has 1 aromatic heterocycles. The summed E-state index contributed by atoms with van der Waals surface area (Å²) < 4.78 is 0. The number of nitrogens with one attached hydrogen (secondary N) is 1. The van der Waals surface area contributed by atoms with Crippen LogP contribution < -0.4 is 5.32 Å². The molecule has 106 valence electrons. The van der Waals surface area contributed by atoms with Gasteiger partial charge in [-0.15, -0.1) is 0 Å². The monoisotopic (exact) mass is 273 g/mol. The first-order valence-electron chi connectivity index (χ1n) is 6.89. The Morgan fingerprint density at radius 1 is 1.50 bits per heavy atom. The van der Waals surface area contributed by atoms with Crippen LogP contribution in [0.3, 0.4) is 0 Å². The van der Waals surface area contributed by atoms with Gasteiger partial charge in [0.15, 0.2) is 0 Å². The highest BCUT2D eigenvalue weighted by atomic mass is 16.4. The second kappa shape index (κ2) is 5.91. The second-order valence-electron chi connectivity index (χ2n) is 5.43. The van der Waals surface area contributed by atoms with Gasteiger partial charge in [-0.2, -0.15) is 5.26 Å². The van der Waals surface area contributed by atoms with E-state index in [0.717, 1.165) is 30.6 Å². The Kier molecular flexibility index (Phi) is 4.23. The van der Waals surface area contributed by atoms with Gasteiger partial charge in [-0.05, 0) is 39.2 Å². The van der Waals surface area contributed by atoms with Crippen molar-refractivity contribution in [3.8, 4) is 6.07 Å². The first-order valence-corrected chi connectivity index (χ1v) is 6.89. The van der Waals surface area contributed by atoms with Crippen molar-refractivity contribution < 1.29 is 9.90 Å². The summed E-state index contributed by atoms with van der Waals surface area (Å²) in [7, 11) is 0. The van der Waals surface area contributed by atoms with Gasteiger partial charge >= 0.3 is 5.97 Å². The fourth-order valence-corrected chi connectivity index (χ4v) is 2.85. The Morgan fingerprint density at radius 2 is 2.25 bits per heavy atom. The lowest BCUT2D eigenvalue weighted by Crippen LogP contribution is -2.31. The van der Waals surface area contributed by atoms with Crippen LogP contribution in [0.2, 0.25) is 0 Å². The van der Waals surface area contributed by atoms with Crippen LogP contribution in [0.4, 0.5) is 5.69 Å². The van der Waals surface area contributed by atoms with Gasteiger partial charge in [0.2, 0.25) is 0 Å². The summed E-state index contributed by atoms with van der Waals surface area (Å²) in [6, 6.07) is 4.14. The van der Waals surface area contributed by atoms with E-state index in [1.807, 2.05) is 19.9 Å². The summed E-state index contributed by atoms with van der Waals surface area (Å²) in [5, 5.41) is 21.7. The molecule has 0 aliphatic heterocycles. The number of anilines is 1. The van der Waals surface area contributed by atoms with Crippen LogP contribution in [-0.4, -0.2) is 22.1 Å². The number of aromatic nitrogens is 1. The molecule has 5 heteroatoms. The fourth-order valence-electron chi connectivity index (χ4n) is 2.85. The van der Waals surface area contributed by atoms with Crippen molar-refractivity contribution in [2.24, 2.45) is 5.92 Å². The molecule has 0 aromatic carbocycles. The summed E-state index contributed by atoms with van der Waals surface area (Å²) in [6.45, 7) is 3.71. The maximum absolute atomic E-state index is 11.1. The first kappa shape index (κ1) is 14.3. The molecule has 2 unspecified atom stereocenters. The van der Waals surface area contributed by atoms with E-state index in [9.17, 15) is 10.1 Å². The lowest BCUT2D eigenvalue weighted by molar-refractivity contribution is -0.142. The van der Waals surface area contributed by atoms with Crippen molar-refractivity contribution in [2.75, 3.05) is 5.32 Å². The van der Waals surface area contributed by atoms with E-state index >= 15 is 0 Å². The number of hydrogen-bond acceptors (Lipinski definition) is 4. The minimum absolute atomic E-state index is 0.109. The number of carbonyl (C=O) groups is 1. The van der Waals surface area contributed by atoms with E-state index < -0.39 is 5.97 Å². The van der Waals surface area contributed by atoms with Crippen molar-refractivity contribution in [1.82, 2.24) is 4.98 Å². The number of rotatable bonds is 3. The van der Waals surface area contributed by atoms with Crippen LogP contribution in [0.5, 0.6) is 0 Å². The predicted octanol–water partition coefficient (Wildman–Crippen LogP) is 2.63. The van der Waals surface area contributed by atoms with E-state index in [0.29, 0.717) is 17.7 Å². The number of carboxylic acid groups (broad SMARTS) is 1. The molecule has 5 nitrogen and oxygen atoms in total. The lowest BCUT2D eigenvalue weighted by Gasteiger charge is -2.28. The van der Waals surface area contributed by atoms with E-state index in [-0.39, 0.29) is 12.0 Å². The highest BCUT2D eigenvalue weighted by Gasteiger charge is 2.27. The van der Waals surface area contributed by atoms with Crippen LogP contribution in [0, 0.1) is 31.1 Å². The van der Waals surface area contributed by atoms with Gasteiger partial charge in [-0.1, -0.05) is 6.42 Å². The van der Waals surface area contributed by atoms with Gasteiger partial charge in [-0.3, -0.25) is 9.78 Å². The van der Waals surface area contributed by atoms with Crippen molar-refractivity contribution in [1.29, 1.82) is 5.26 Å². The molecule has 1 aliphatic carbocycles. The molecule has 1 aromatic rings. The lowest BCUT2D eigenvalue weighted by atomic mass is 9.85. The predicted molar refractivity (Wildman–Crippen MR) is 75.4 cm³/mol. The van der Waals surface area contributed by atoms with Gasteiger partial charge < -0.3 is 10.4 Å². The zero-order valence-electron chi connectivity index (χ0n) is 11.8. The molecule has 20 heavy (non-hydrogen) atoms. The van der Waals surface area contributed by atoms with Gasteiger partial charge in [0.25, 0.3) is 0 Å². The van der Waals surface area contributed by atoms with Crippen LogP contribution in [0.15, 0.2) is 6.07 Å². The number of hydrogen-bond donors (Lipinski definition) is 2. The van der Waals surface area contributed by atoms with E-state index in [1.165, 1.54) is 0 Å². The maximum Gasteiger partial charge on any atom is 0.306 e. The van der Waals surface area contributed by atoms with E-state index in [2.05, 4.69) is 16.4 Å². The molecule has 2 N–H and O–H groups in total. The molecule has 0 radical (unpaired) electrons. The summed E-state index contributed by atoms with van der Waals surface area (Å²) >= 11 is 0. The molecule has 0 spiro atoms. The second-order valence-corrected chi connectivity index (χ2v) is 5.43. The SMILES string of the molecule is Cc1cc(NC2CCCC(C(=O)O)C2)c(C#N)c(C)n1. The zero-order chi connectivity index (χ0) is 14.7. The van der Waals surface area contributed by atoms with E-state index in [1.54, 1.807) is 0 Å². The van der Waals surface area contributed by atoms with Crippen LogP contribution in [0.25, 0.3) is 0 Å². The topological polar surface area (TPSA) is 86.0 Å². The highest BCUT2D eigenvalue weighted by Crippen LogP contribution is 2.28. The van der Waals surface area contributed by atoms with Crippen molar-refractivity contribution in [2.45, 2.75) is 45.6 Å². The number of pyridine rings is 1. The highest BCUT2D eigenvalue weighted by molar-refractivity contribution is 5.70. The Labute approximate surface area is 118 Å². The maximum atomic E-state index is 11.1. The van der Waals surface area contributed by atoms with Crippen LogP contribution in [0.1, 0.15) is 42.6 Å². The average molecular weight is 273 g/mol. The molecule has 1 fully saturated rings. The minimum Gasteiger partial charge on any atom is -0.481 e. The third kappa shape index (κ3) is 3.08. The Hall–Kier alpha value is -2.09. The van der Waals surface area contributed by atoms with Crippen LogP contribution in [-0.2, 0) is 4.79 Å². The Morgan fingerprint density at radius 3 is 2.90 bits per heavy atom. The standard InChI is InChI=1S/C15H19N3O2/c1-9-6-14(13(8-16)10(2)17-9)18-12-5-3-4-11(7-12)15(19)20/h6,11-12H,3-5,7H2,1-2H3,(H,17,18)(H,19,20). The van der Waals surface area contributed by atoms with Gasteiger partial charge in [0.05, 0.1) is 22.9 Å². The van der Waals surface area contributed by atoms with E-state index in [4.69, 9.17) is 5.11 Å². The molecule has 1 aliphatic rings. The van der Waals surface area contributed by atoms with Crippen molar-refractivity contribution in [3.05, 3.63) is 23.0 Å².